The van der Waals surface area contributed by atoms with E-state index in [0.717, 1.165) is 16.8 Å². The van der Waals surface area contributed by atoms with E-state index in [0.29, 0.717) is 17.7 Å². The van der Waals surface area contributed by atoms with E-state index in [1.54, 1.807) is 4.68 Å². The number of aryl methyl sites for hydroxylation is 2. The van der Waals surface area contributed by atoms with Gasteiger partial charge in [0.25, 0.3) is 0 Å². The highest BCUT2D eigenvalue weighted by Crippen LogP contribution is 2.24. The van der Waals surface area contributed by atoms with Crippen molar-refractivity contribution in [3.8, 4) is 5.69 Å². The molecule has 0 bridgehead atoms. The Balaban J connectivity index is 1.56. The molecule has 0 atom stereocenters. The zero-order chi connectivity index (χ0) is 17.6. The second-order valence-corrected chi connectivity index (χ2v) is 7.58. The van der Waals surface area contributed by atoms with Crippen molar-refractivity contribution >= 4 is 17.7 Å². The number of thioether (sulfide) groups is 1. The van der Waals surface area contributed by atoms with Gasteiger partial charge in [0.1, 0.15) is 0 Å². The second-order valence-electron chi connectivity index (χ2n) is 6.64. The molecule has 0 N–H and O–H groups in total. The summed E-state index contributed by atoms with van der Waals surface area (Å²) < 4.78 is 7.11. The fraction of sp³-hybridized carbons (Fsp3) is 0.556. The van der Waals surface area contributed by atoms with Crippen molar-refractivity contribution in [2.75, 3.05) is 12.4 Å². The Labute approximate surface area is 152 Å². The standard InChI is InChI=1S/C18H24N4O2S/c1-13-8-9-14(2)16(10-13)22-18(19-20-21-22)25-12-17(23)24-11-15-6-4-3-5-7-15/h8-10,15H,3-7,11-12H2,1-2H3. The average Bonchev–Trinajstić information content (AvgIpc) is 3.09. The molecule has 7 heteroatoms. The summed E-state index contributed by atoms with van der Waals surface area (Å²) >= 11 is 1.31. The smallest absolute Gasteiger partial charge is 0.316 e. The summed E-state index contributed by atoms with van der Waals surface area (Å²) in [7, 11) is 0. The van der Waals surface area contributed by atoms with Crippen LogP contribution in [0.1, 0.15) is 43.2 Å². The van der Waals surface area contributed by atoms with E-state index in [4.69, 9.17) is 4.74 Å². The molecule has 1 fully saturated rings. The number of benzene rings is 1. The second kappa shape index (κ2) is 8.47. The van der Waals surface area contributed by atoms with Gasteiger partial charge in [-0.2, -0.15) is 4.68 Å². The molecule has 25 heavy (non-hydrogen) atoms. The SMILES string of the molecule is Cc1ccc(C)c(-n2nnnc2SCC(=O)OCC2CCCCC2)c1. The number of ether oxygens (including phenoxy) is 1. The molecule has 134 valence electrons. The van der Waals surface area contributed by atoms with E-state index < -0.39 is 0 Å². The van der Waals surface area contributed by atoms with Gasteiger partial charge >= 0.3 is 5.97 Å². The molecule has 0 amide bonds. The molecule has 1 aromatic carbocycles. The van der Waals surface area contributed by atoms with Crippen LogP contribution >= 0.6 is 11.8 Å². The highest BCUT2D eigenvalue weighted by atomic mass is 32.2. The van der Waals surface area contributed by atoms with Gasteiger partial charge < -0.3 is 4.74 Å². The van der Waals surface area contributed by atoms with Crippen LogP contribution in [-0.4, -0.2) is 38.5 Å². The highest BCUT2D eigenvalue weighted by Gasteiger charge is 2.17. The molecule has 0 saturated heterocycles. The maximum absolute atomic E-state index is 12.0. The number of hydrogen-bond donors (Lipinski definition) is 0. The van der Waals surface area contributed by atoms with E-state index in [-0.39, 0.29) is 11.7 Å². The van der Waals surface area contributed by atoms with Crippen molar-refractivity contribution in [3.63, 3.8) is 0 Å². The molecular formula is C18H24N4O2S. The van der Waals surface area contributed by atoms with Crippen molar-refractivity contribution < 1.29 is 9.53 Å². The van der Waals surface area contributed by atoms with Crippen molar-refractivity contribution in [1.82, 2.24) is 20.2 Å². The van der Waals surface area contributed by atoms with E-state index in [2.05, 4.69) is 21.6 Å². The molecule has 0 radical (unpaired) electrons. The van der Waals surface area contributed by atoms with Crippen LogP contribution in [0, 0.1) is 19.8 Å². The maximum atomic E-state index is 12.0. The molecule has 1 aliphatic rings. The lowest BCUT2D eigenvalue weighted by atomic mass is 9.90. The molecule has 0 spiro atoms. The number of rotatable bonds is 6. The van der Waals surface area contributed by atoms with Crippen LogP contribution in [0.5, 0.6) is 0 Å². The van der Waals surface area contributed by atoms with Gasteiger partial charge in [-0.3, -0.25) is 4.79 Å². The van der Waals surface area contributed by atoms with Gasteiger partial charge in [-0.25, -0.2) is 0 Å². The largest absolute Gasteiger partial charge is 0.465 e. The number of tetrazole rings is 1. The van der Waals surface area contributed by atoms with Crippen molar-refractivity contribution in [2.45, 2.75) is 51.1 Å². The first-order valence-electron chi connectivity index (χ1n) is 8.78. The number of hydrogen-bond acceptors (Lipinski definition) is 6. The van der Waals surface area contributed by atoms with Crippen molar-refractivity contribution in [2.24, 2.45) is 5.92 Å². The Morgan fingerprint density at radius 1 is 1.28 bits per heavy atom. The molecule has 6 nitrogen and oxygen atoms in total. The predicted octanol–water partition coefficient (Wildman–Crippen LogP) is 3.49. The summed E-state index contributed by atoms with van der Waals surface area (Å²) in [6.07, 6.45) is 6.15. The first-order valence-corrected chi connectivity index (χ1v) is 9.76. The normalized spacial score (nSPS) is 15.3. The Morgan fingerprint density at radius 2 is 2.08 bits per heavy atom. The summed E-state index contributed by atoms with van der Waals surface area (Å²) in [5, 5.41) is 12.5. The first-order chi connectivity index (χ1) is 12.1. The number of carbonyl (C=O) groups excluding carboxylic acids is 1. The van der Waals surface area contributed by atoms with Crippen LogP contribution in [0.25, 0.3) is 5.69 Å². The monoisotopic (exact) mass is 360 g/mol. The molecule has 2 aromatic rings. The summed E-state index contributed by atoms with van der Waals surface area (Å²) in [5.74, 6) is 0.548. The van der Waals surface area contributed by atoms with Gasteiger partial charge in [0, 0.05) is 0 Å². The molecule has 0 aliphatic heterocycles. The van der Waals surface area contributed by atoms with Gasteiger partial charge in [0.05, 0.1) is 18.0 Å². The lowest BCUT2D eigenvalue weighted by Gasteiger charge is -2.20. The van der Waals surface area contributed by atoms with Gasteiger partial charge in [-0.15, -0.1) is 5.10 Å². The zero-order valence-electron chi connectivity index (χ0n) is 14.8. The van der Waals surface area contributed by atoms with Crippen LogP contribution in [0.4, 0.5) is 0 Å². The van der Waals surface area contributed by atoms with Gasteiger partial charge in [-0.1, -0.05) is 43.2 Å². The number of carbonyl (C=O) groups is 1. The van der Waals surface area contributed by atoms with E-state index in [1.165, 1.54) is 43.9 Å². The quantitative estimate of drug-likeness (QED) is 0.580. The molecule has 3 rings (SSSR count). The van der Waals surface area contributed by atoms with E-state index >= 15 is 0 Å². The maximum Gasteiger partial charge on any atom is 0.316 e. The van der Waals surface area contributed by atoms with E-state index in [9.17, 15) is 4.79 Å². The summed E-state index contributed by atoms with van der Waals surface area (Å²) in [4.78, 5) is 12.0. The summed E-state index contributed by atoms with van der Waals surface area (Å²) in [6, 6.07) is 6.13. The predicted molar refractivity (Wildman–Crippen MR) is 96.9 cm³/mol. The van der Waals surface area contributed by atoms with Crippen LogP contribution in [0.3, 0.4) is 0 Å². The van der Waals surface area contributed by atoms with Crippen LogP contribution in [0.2, 0.25) is 0 Å². The minimum Gasteiger partial charge on any atom is -0.465 e. The third kappa shape index (κ3) is 4.81. The molecule has 1 aromatic heterocycles. The fourth-order valence-electron chi connectivity index (χ4n) is 3.10. The minimum atomic E-state index is -0.203. The average molecular weight is 360 g/mol. The Morgan fingerprint density at radius 3 is 2.88 bits per heavy atom. The van der Waals surface area contributed by atoms with Crippen molar-refractivity contribution in [3.05, 3.63) is 29.3 Å². The first kappa shape index (κ1) is 17.9. The molecule has 0 unspecified atom stereocenters. The third-order valence-corrected chi connectivity index (χ3v) is 5.45. The lowest BCUT2D eigenvalue weighted by Crippen LogP contribution is -2.18. The third-order valence-electron chi connectivity index (χ3n) is 4.56. The minimum absolute atomic E-state index is 0.203. The summed E-state index contributed by atoms with van der Waals surface area (Å²) in [5.41, 5.74) is 3.15. The Hall–Kier alpha value is -1.89. The Kier molecular flexibility index (Phi) is 6.07. The van der Waals surface area contributed by atoms with Gasteiger partial charge in [0.2, 0.25) is 5.16 Å². The Bertz CT molecular complexity index is 726. The number of esters is 1. The van der Waals surface area contributed by atoms with Crippen LogP contribution in [-0.2, 0) is 9.53 Å². The topological polar surface area (TPSA) is 69.9 Å². The van der Waals surface area contributed by atoms with Crippen molar-refractivity contribution in [1.29, 1.82) is 0 Å². The fourth-order valence-corrected chi connectivity index (χ4v) is 3.78. The van der Waals surface area contributed by atoms with Gasteiger partial charge in [0.15, 0.2) is 0 Å². The van der Waals surface area contributed by atoms with E-state index in [1.807, 2.05) is 26.0 Å². The molecule has 1 saturated carbocycles. The molecule has 1 heterocycles. The van der Waals surface area contributed by atoms with Crippen LogP contribution < -0.4 is 0 Å². The molecular weight excluding hydrogens is 336 g/mol. The summed E-state index contributed by atoms with van der Waals surface area (Å²) in [6.45, 7) is 4.59. The molecule has 1 aliphatic carbocycles. The number of nitrogens with zero attached hydrogens (tertiary/aromatic N) is 4. The number of aromatic nitrogens is 4. The highest BCUT2D eigenvalue weighted by molar-refractivity contribution is 7.99. The van der Waals surface area contributed by atoms with Gasteiger partial charge in [-0.05, 0) is 60.2 Å². The lowest BCUT2D eigenvalue weighted by molar-refractivity contribution is -0.142. The van der Waals surface area contributed by atoms with Crippen LogP contribution in [0.15, 0.2) is 23.4 Å². The zero-order valence-corrected chi connectivity index (χ0v) is 15.6.